The zero-order valence-corrected chi connectivity index (χ0v) is 6.60. The van der Waals surface area contributed by atoms with Crippen LogP contribution in [-0.2, 0) is 4.79 Å². The summed E-state index contributed by atoms with van der Waals surface area (Å²) in [5.41, 5.74) is 0. The molecule has 56 valence electrons. The number of rotatable bonds is 1. The first kappa shape index (κ1) is 7.69. The third-order valence-corrected chi connectivity index (χ3v) is 1.72. The van der Waals surface area contributed by atoms with Crippen molar-refractivity contribution < 1.29 is 4.79 Å². The van der Waals surface area contributed by atoms with Gasteiger partial charge in [-0.3, -0.25) is 4.79 Å². The number of nitriles is 1. The van der Waals surface area contributed by atoms with E-state index < -0.39 is 0 Å². The summed E-state index contributed by atoms with van der Waals surface area (Å²) in [5, 5.41) is 11.3. The molecule has 1 amide bonds. The number of aromatic nitrogens is 1. The summed E-state index contributed by atoms with van der Waals surface area (Å²) in [7, 11) is 0. The van der Waals surface area contributed by atoms with Crippen molar-refractivity contribution in [1.82, 2.24) is 4.98 Å². The number of carbonyl (C=O) groups excluding carboxylic acids is 1. The molecule has 1 rings (SSSR count). The van der Waals surface area contributed by atoms with Crippen LogP contribution in [0.1, 0.15) is 11.8 Å². The Bertz CT molecular complexity index is 312. The Kier molecular flexibility index (Phi) is 2.18. The highest BCUT2D eigenvalue weighted by molar-refractivity contribution is 7.16. The summed E-state index contributed by atoms with van der Waals surface area (Å²) in [4.78, 5) is 14.8. The number of nitrogens with zero attached hydrogens (tertiary/aromatic N) is 2. The third kappa shape index (κ3) is 2.02. The van der Waals surface area contributed by atoms with Crippen molar-refractivity contribution in [3.05, 3.63) is 11.1 Å². The van der Waals surface area contributed by atoms with Crippen molar-refractivity contribution >= 4 is 22.4 Å². The second-order valence-electron chi connectivity index (χ2n) is 1.82. The number of nitrogens with one attached hydrogen (secondary N) is 1. The first-order chi connectivity index (χ1) is 5.22. The number of carbonyl (C=O) groups is 1. The van der Waals surface area contributed by atoms with Gasteiger partial charge in [0.05, 0.1) is 6.20 Å². The van der Waals surface area contributed by atoms with E-state index in [0.717, 1.165) is 11.3 Å². The highest BCUT2D eigenvalue weighted by Crippen LogP contribution is 2.16. The molecule has 0 aromatic carbocycles. The lowest BCUT2D eigenvalue weighted by Gasteiger charge is -1.91. The molecule has 0 saturated carbocycles. The minimum atomic E-state index is -0.177. The van der Waals surface area contributed by atoms with Crippen LogP contribution in [0, 0.1) is 11.3 Å². The Morgan fingerprint density at radius 3 is 3.09 bits per heavy atom. The molecule has 0 spiro atoms. The Morgan fingerprint density at radius 2 is 2.64 bits per heavy atom. The average Bonchev–Trinajstić information content (AvgIpc) is 2.34. The summed E-state index contributed by atoms with van der Waals surface area (Å²) < 4.78 is 0. The number of hydrogen-bond donors (Lipinski definition) is 1. The predicted octanol–water partition coefficient (Wildman–Crippen LogP) is 0.973. The van der Waals surface area contributed by atoms with E-state index in [1.807, 2.05) is 6.07 Å². The third-order valence-electron chi connectivity index (χ3n) is 0.899. The monoisotopic (exact) mass is 167 g/mol. The van der Waals surface area contributed by atoms with Gasteiger partial charge >= 0.3 is 0 Å². The standard InChI is InChI=1S/C6H5N3OS/c1-4(10)9-6-8-3-5(2-7)11-6/h3H,1H3,(H,8,9,10). The van der Waals surface area contributed by atoms with Crippen LogP contribution in [-0.4, -0.2) is 10.9 Å². The molecular formula is C6H5N3OS. The first-order valence-corrected chi connectivity index (χ1v) is 3.67. The number of hydrogen-bond acceptors (Lipinski definition) is 4. The molecule has 1 heterocycles. The summed E-state index contributed by atoms with van der Waals surface area (Å²) in [6, 6.07) is 1.93. The van der Waals surface area contributed by atoms with Crippen LogP contribution in [0.4, 0.5) is 5.13 Å². The molecule has 0 atom stereocenters. The van der Waals surface area contributed by atoms with E-state index in [-0.39, 0.29) is 5.91 Å². The topological polar surface area (TPSA) is 65.8 Å². The number of anilines is 1. The minimum absolute atomic E-state index is 0.177. The van der Waals surface area contributed by atoms with E-state index in [4.69, 9.17) is 5.26 Å². The SMILES string of the molecule is CC(=O)Nc1ncc(C#N)s1. The van der Waals surface area contributed by atoms with Crippen LogP contribution in [0.2, 0.25) is 0 Å². The molecular weight excluding hydrogens is 162 g/mol. The highest BCUT2D eigenvalue weighted by atomic mass is 32.1. The maximum Gasteiger partial charge on any atom is 0.223 e. The summed E-state index contributed by atoms with van der Waals surface area (Å²) in [6.07, 6.45) is 1.43. The molecule has 0 unspecified atom stereocenters. The van der Waals surface area contributed by atoms with Gasteiger partial charge < -0.3 is 5.32 Å². The van der Waals surface area contributed by atoms with E-state index >= 15 is 0 Å². The Balaban J connectivity index is 2.75. The van der Waals surface area contributed by atoms with Gasteiger partial charge in [0.2, 0.25) is 5.91 Å². The fourth-order valence-corrected chi connectivity index (χ4v) is 1.19. The normalized spacial score (nSPS) is 8.73. The lowest BCUT2D eigenvalue weighted by molar-refractivity contribution is -0.114. The summed E-state index contributed by atoms with van der Waals surface area (Å²) in [6.45, 7) is 1.40. The van der Waals surface area contributed by atoms with Gasteiger partial charge in [-0.15, -0.1) is 0 Å². The molecule has 4 nitrogen and oxygen atoms in total. The average molecular weight is 167 g/mol. The van der Waals surface area contributed by atoms with Gasteiger partial charge in [-0.2, -0.15) is 5.26 Å². The Morgan fingerprint density at radius 1 is 1.91 bits per heavy atom. The molecule has 0 saturated heterocycles. The number of amides is 1. The maximum atomic E-state index is 10.5. The molecule has 0 aliphatic heterocycles. The van der Waals surface area contributed by atoms with E-state index in [1.165, 1.54) is 13.1 Å². The molecule has 1 N–H and O–H groups in total. The van der Waals surface area contributed by atoms with Gasteiger partial charge in [0.1, 0.15) is 10.9 Å². The molecule has 0 fully saturated rings. The van der Waals surface area contributed by atoms with Gasteiger partial charge in [0.25, 0.3) is 0 Å². The molecule has 0 radical (unpaired) electrons. The van der Waals surface area contributed by atoms with E-state index in [2.05, 4.69) is 10.3 Å². The Labute approximate surface area is 67.5 Å². The van der Waals surface area contributed by atoms with Crippen LogP contribution in [0.5, 0.6) is 0 Å². The quantitative estimate of drug-likeness (QED) is 0.677. The van der Waals surface area contributed by atoms with Crippen molar-refractivity contribution in [2.24, 2.45) is 0 Å². The molecule has 0 bridgehead atoms. The predicted molar refractivity (Wildman–Crippen MR) is 41.1 cm³/mol. The zero-order chi connectivity index (χ0) is 8.27. The molecule has 0 aliphatic rings. The van der Waals surface area contributed by atoms with Crippen molar-refractivity contribution in [1.29, 1.82) is 5.26 Å². The largest absolute Gasteiger partial charge is 0.302 e. The van der Waals surface area contributed by atoms with E-state index in [9.17, 15) is 4.79 Å². The smallest absolute Gasteiger partial charge is 0.223 e. The van der Waals surface area contributed by atoms with E-state index in [0.29, 0.717) is 10.0 Å². The van der Waals surface area contributed by atoms with Gasteiger partial charge in [-0.25, -0.2) is 4.98 Å². The molecule has 1 aromatic rings. The lowest BCUT2D eigenvalue weighted by Crippen LogP contribution is -2.04. The van der Waals surface area contributed by atoms with Gasteiger partial charge in [-0.1, -0.05) is 11.3 Å². The van der Waals surface area contributed by atoms with Gasteiger partial charge in [-0.05, 0) is 0 Å². The van der Waals surface area contributed by atoms with Gasteiger partial charge in [0, 0.05) is 6.92 Å². The minimum Gasteiger partial charge on any atom is -0.302 e. The molecule has 11 heavy (non-hydrogen) atoms. The molecule has 1 aromatic heterocycles. The first-order valence-electron chi connectivity index (χ1n) is 2.86. The van der Waals surface area contributed by atoms with Crippen molar-refractivity contribution in [2.45, 2.75) is 6.92 Å². The molecule has 0 aliphatic carbocycles. The van der Waals surface area contributed by atoms with Crippen molar-refractivity contribution in [3.63, 3.8) is 0 Å². The van der Waals surface area contributed by atoms with Crippen LogP contribution in [0.25, 0.3) is 0 Å². The number of thiazole rings is 1. The molecule has 5 heteroatoms. The summed E-state index contributed by atoms with van der Waals surface area (Å²) >= 11 is 1.16. The fraction of sp³-hybridized carbons (Fsp3) is 0.167. The van der Waals surface area contributed by atoms with Crippen LogP contribution in [0.15, 0.2) is 6.20 Å². The lowest BCUT2D eigenvalue weighted by atomic mass is 10.6. The van der Waals surface area contributed by atoms with Crippen LogP contribution < -0.4 is 5.32 Å². The van der Waals surface area contributed by atoms with E-state index in [1.54, 1.807) is 0 Å². The highest BCUT2D eigenvalue weighted by Gasteiger charge is 2.00. The maximum absolute atomic E-state index is 10.5. The van der Waals surface area contributed by atoms with Gasteiger partial charge in [0.15, 0.2) is 5.13 Å². The van der Waals surface area contributed by atoms with Crippen molar-refractivity contribution in [2.75, 3.05) is 5.32 Å². The second-order valence-corrected chi connectivity index (χ2v) is 2.85. The second kappa shape index (κ2) is 3.12. The fourth-order valence-electron chi connectivity index (χ4n) is 0.534. The summed E-state index contributed by atoms with van der Waals surface area (Å²) in [5.74, 6) is -0.177. The van der Waals surface area contributed by atoms with Crippen molar-refractivity contribution in [3.8, 4) is 6.07 Å². The Hall–Kier alpha value is -1.41. The van der Waals surface area contributed by atoms with Crippen LogP contribution in [0.3, 0.4) is 0 Å². The zero-order valence-electron chi connectivity index (χ0n) is 5.79. The van der Waals surface area contributed by atoms with Crippen LogP contribution >= 0.6 is 11.3 Å².